The van der Waals surface area contributed by atoms with E-state index < -0.39 is 24.5 Å². The van der Waals surface area contributed by atoms with Crippen LogP contribution < -0.4 is 5.32 Å². The Morgan fingerprint density at radius 2 is 2.14 bits per heavy atom. The summed E-state index contributed by atoms with van der Waals surface area (Å²) in [6.45, 7) is 2.59. The average molecular weight is 309 g/mol. The van der Waals surface area contributed by atoms with E-state index in [4.69, 9.17) is 9.47 Å². The van der Waals surface area contributed by atoms with Crippen molar-refractivity contribution >= 4 is 17.0 Å². The molecule has 0 spiro atoms. The molecule has 3 rings (SSSR count). The second kappa shape index (κ2) is 6.13. The Morgan fingerprint density at radius 1 is 1.32 bits per heavy atom. The van der Waals surface area contributed by atoms with Gasteiger partial charge in [-0.15, -0.1) is 0 Å². The Balaban J connectivity index is 1.91. The van der Waals surface area contributed by atoms with Crippen LogP contribution in [-0.4, -0.2) is 68.3 Å². The minimum Gasteiger partial charge on any atom is -0.387 e. The highest BCUT2D eigenvalue weighted by Gasteiger charge is 2.44. The topological polar surface area (TPSA) is 115 Å². The molecular weight excluding hydrogens is 290 g/mol. The van der Waals surface area contributed by atoms with Gasteiger partial charge in [-0.2, -0.15) is 0 Å². The number of aliphatic hydroxyl groups is 2. The molecule has 9 heteroatoms. The number of imidazole rings is 1. The van der Waals surface area contributed by atoms with Gasteiger partial charge in [0.2, 0.25) is 0 Å². The van der Waals surface area contributed by atoms with Crippen LogP contribution in [0, 0.1) is 0 Å². The van der Waals surface area contributed by atoms with Crippen LogP contribution in [0.4, 0.5) is 5.82 Å². The van der Waals surface area contributed by atoms with Crippen LogP contribution in [-0.2, 0) is 9.47 Å². The second-order valence-corrected chi connectivity index (χ2v) is 5.00. The van der Waals surface area contributed by atoms with Crippen molar-refractivity contribution in [2.75, 3.05) is 25.6 Å². The number of aromatic nitrogens is 4. The molecule has 9 nitrogen and oxygen atoms in total. The number of nitrogens with zero attached hydrogens (tertiary/aromatic N) is 4. The van der Waals surface area contributed by atoms with Crippen molar-refractivity contribution in [3.05, 3.63) is 12.7 Å². The number of hydrogen-bond donors (Lipinski definition) is 3. The first-order valence-electron chi connectivity index (χ1n) is 7.12. The molecule has 0 radical (unpaired) electrons. The fraction of sp³-hybridized carbons (Fsp3) is 0.615. The van der Waals surface area contributed by atoms with Gasteiger partial charge in [0.25, 0.3) is 0 Å². The van der Waals surface area contributed by atoms with Gasteiger partial charge in [-0.25, -0.2) is 15.0 Å². The summed E-state index contributed by atoms with van der Waals surface area (Å²) < 4.78 is 12.6. The Labute approximate surface area is 126 Å². The first kappa shape index (κ1) is 15.1. The lowest BCUT2D eigenvalue weighted by molar-refractivity contribution is -0.0638. The molecule has 0 amide bonds. The largest absolute Gasteiger partial charge is 0.387 e. The highest BCUT2D eigenvalue weighted by atomic mass is 16.6. The zero-order valence-electron chi connectivity index (χ0n) is 12.4. The minimum atomic E-state index is -1.09. The third-order valence-electron chi connectivity index (χ3n) is 3.69. The van der Waals surface area contributed by atoms with Gasteiger partial charge in [0.15, 0.2) is 17.7 Å². The lowest BCUT2D eigenvalue weighted by atomic mass is 10.1. The number of hydrogen-bond acceptors (Lipinski definition) is 8. The summed E-state index contributed by atoms with van der Waals surface area (Å²) in [5.74, 6) is 0.586. The Hall–Kier alpha value is -1.81. The molecule has 120 valence electrons. The van der Waals surface area contributed by atoms with Crippen molar-refractivity contribution in [2.45, 2.75) is 31.5 Å². The van der Waals surface area contributed by atoms with E-state index >= 15 is 0 Å². The van der Waals surface area contributed by atoms with E-state index in [0.29, 0.717) is 23.6 Å². The van der Waals surface area contributed by atoms with Gasteiger partial charge in [-0.1, -0.05) is 0 Å². The third kappa shape index (κ3) is 2.41. The van der Waals surface area contributed by atoms with Crippen LogP contribution in [0.2, 0.25) is 0 Å². The van der Waals surface area contributed by atoms with E-state index in [2.05, 4.69) is 20.3 Å². The number of ether oxygens (including phenoxy) is 2. The fourth-order valence-corrected chi connectivity index (χ4v) is 2.55. The number of anilines is 1. The maximum atomic E-state index is 10.2. The molecule has 2 aromatic heterocycles. The van der Waals surface area contributed by atoms with E-state index in [1.165, 1.54) is 12.7 Å². The predicted molar refractivity (Wildman–Crippen MR) is 77.3 cm³/mol. The SMILES string of the molecule is CCOC[C@H]1O[C@@H](n2cnc3c(NC)ncnc32)[C@H](O)[C@@H]1O. The summed E-state index contributed by atoms with van der Waals surface area (Å²) in [7, 11) is 1.74. The lowest BCUT2D eigenvalue weighted by Gasteiger charge is -2.16. The molecule has 1 aliphatic heterocycles. The normalized spacial score (nSPS) is 28.4. The van der Waals surface area contributed by atoms with Crippen LogP contribution in [0.3, 0.4) is 0 Å². The van der Waals surface area contributed by atoms with Crippen molar-refractivity contribution in [1.82, 2.24) is 19.5 Å². The summed E-state index contributed by atoms with van der Waals surface area (Å²) in [6, 6.07) is 0. The first-order valence-corrected chi connectivity index (χ1v) is 7.12. The molecule has 0 saturated carbocycles. The number of rotatable bonds is 5. The van der Waals surface area contributed by atoms with Crippen molar-refractivity contribution in [3.8, 4) is 0 Å². The van der Waals surface area contributed by atoms with Crippen LogP contribution in [0.25, 0.3) is 11.2 Å². The average Bonchev–Trinajstić information content (AvgIpc) is 3.08. The summed E-state index contributed by atoms with van der Waals surface area (Å²) in [5.41, 5.74) is 1.09. The predicted octanol–water partition coefficient (Wildman–Crippen LogP) is -0.476. The first-order chi connectivity index (χ1) is 10.7. The molecule has 3 heterocycles. The van der Waals surface area contributed by atoms with E-state index in [0.717, 1.165) is 0 Å². The van der Waals surface area contributed by atoms with Crippen LogP contribution in [0.15, 0.2) is 12.7 Å². The molecule has 0 aliphatic carbocycles. The van der Waals surface area contributed by atoms with Crippen molar-refractivity contribution < 1.29 is 19.7 Å². The van der Waals surface area contributed by atoms with Gasteiger partial charge < -0.3 is 25.0 Å². The van der Waals surface area contributed by atoms with Gasteiger partial charge in [0.1, 0.15) is 30.2 Å². The zero-order valence-corrected chi connectivity index (χ0v) is 12.4. The highest BCUT2D eigenvalue weighted by Crippen LogP contribution is 2.32. The maximum Gasteiger partial charge on any atom is 0.167 e. The monoisotopic (exact) mass is 309 g/mol. The summed E-state index contributed by atoms with van der Waals surface area (Å²) in [5, 5.41) is 23.3. The highest BCUT2D eigenvalue weighted by molar-refractivity contribution is 5.82. The van der Waals surface area contributed by atoms with Gasteiger partial charge >= 0.3 is 0 Å². The Morgan fingerprint density at radius 3 is 2.86 bits per heavy atom. The molecule has 1 fully saturated rings. The Kier molecular flexibility index (Phi) is 4.21. The molecule has 1 aliphatic rings. The Bertz CT molecular complexity index is 648. The van der Waals surface area contributed by atoms with Crippen LogP contribution >= 0.6 is 0 Å². The van der Waals surface area contributed by atoms with Crippen LogP contribution in [0.5, 0.6) is 0 Å². The van der Waals surface area contributed by atoms with Crippen molar-refractivity contribution in [2.24, 2.45) is 0 Å². The standard InChI is InChI=1S/C13H19N5O4/c1-3-21-4-7-9(19)10(20)13(22-7)18-6-17-8-11(14-2)15-5-16-12(8)18/h5-7,9-10,13,19-20H,3-4H2,1-2H3,(H,14,15,16)/t7-,9-,10-,13-/m1/s1. The quantitative estimate of drug-likeness (QED) is 0.679. The molecule has 3 N–H and O–H groups in total. The summed E-state index contributed by atoms with van der Waals surface area (Å²) >= 11 is 0. The van der Waals surface area contributed by atoms with Crippen LogP contribution in [0.1, 0.15) is 13.2 Å². The molecular formula is C13H19N5O4. The van der Waals surface area contributed by atoms with Gasteiger partial charge in [0.05, 0.1) is 12.9 Å². The number of nitrogens with one attached hydrogen (secondary N) is 1. The maximum absolute atomic E-state index is 10.2. The van der Waals surface area contributed by atoms with E-state index in [9.17, 15) is 10.2 Å². The van der Waals surface area contributed by atoms with E-state index in [1.54, 1.807) is 11.6 Å². The van der Waals surface area contributed by atoms with Crippen molar-refractivity contribution in [3.63, 3.8) is 0 Å². The molecule has 0 bridgehead atoms. The molecule has 0 aromatic carbocycles. The summed E-state index contributed by atoms with van der Waals surface area (Å²) in [4.78, 5) is 12.5. The number of fused-ring (bicyclic) bond motifs is 1. The fourth-order valence-electron chi connectivity index (χ4n) is 2.55. The zero-order chi connectivity index (χ0) is 15.7. The van der Waals surface area contributed by atoms with Gasteiger partial charge in [-0.05, 0) is 6.92 Å². The molecule has 2 aromatic rings. The molecule has 22 heavy (non-hydrogen) atoms. The third-order valence-corrected chi connectivity index (χ3v) is 3.69. The van der Waals surface area contributed by atoms with E-state index in [-0.39, 0.29) is 6.61 Å². The van der Waals surface area contributed by atoms with Gasteiger partial charge in [0, 0.05) is 13.7 Å². The van der Waals surface area contributed by atoms with E-state index in [1.807, 2.05) is 6.92 Å². The molecule has 1 saturated heterocycles. The smallest absolute Gasteiger partial charge is 0.167 e. The van der Waals surface area contributed by atoms with Gasteiger partial charge in [-0.3, -0.25) is 4.57 Å². The second-order valence-electron chi connectivity index (χ2n) is 5.00. The lowest BCUT2D eigenvalue weighted by Crippen LogP contribution is -2.33. The number of aliphatic hydroxyl groups excluding tert-OH is 2. The molecule has 0 unspecified atom stereocenters. The molecule has 4 atom stereocenters. The van der Waals surface area contributed by atoms with Crippen molar-refractivity contribution in [1.29, 1.82) is 0 Å². The summed E-state index contributed by atoms with van der Waals surface area (Å²) in [6.07, 6.45) is -0.561. The minimum absolute atomic E-state index is 0.217.